The summed E-state index contributed by atoms with van der Waals surface area (Å²) in [5.74, 6) is -0.444. The molecular formula is C14H13N3O2S. The van der Waals surface area contributed by atoms with Gasteiger partial charge in [0.2, 0.25) is 4.96 Å². The van der Waals surface area contributed by atoms with Gasteiger partial charge in [-0.05, 0) is 19.4 Å². The normalized spacial score (nSPS) is 11.1. The van der Waals surface area contributed by atoms with E-state index in [1.54, 1.807) is 0 Å². The average Bonchev–Trinajstić information content (AvgIpc) is 2.92. The number of fused-ring (bicyclic) bond motifs is 1. The number of benzene rings is 1. The third kappa shape index (κ3) is 2.08. The third-order valence-electron chi connectivity index (χ3n) is 3.18. The summed E-state index contributed by atoms with van der Waals surface area (Å²) >= 11 is 1.47. The van der Waals surface area contributed by atoms with Crippen molar-refractivity contribution in [1.82, 2.24) is 14.6 Å². The smallest absolute Gasteiger partial charge is 0.311 e. The SMILES string of the molecule is Cc1ccc(-c2csc3nnc(CC(=O)O)n23)c(C)c1. The van der Waals surface area contributed by atoms with E-state index in [2.05, 4.69) is 29.3 Å². The summed E-state index contributed by atoms with van der Waals surface area (Å²) in [5.41, 5.74) is 4.38. The molecular weight excluding hydrogens is 274 g/mol. The minimum absolute atomic E-state index is 0.129. The fraction of sp³-hybridized carbons (Fsp3) is 0.214. The Kier molecular flexibility index (Phi) is 3.02. The molecule has 20 heavy (non-hydrogen) atoms. The predicted molar refractivity (Wildman–Crippen MR) is 77.1 cm³/mol. The van der Waals surface area contributed by atoms with Gasteiger partial charge in [-0.3, -0.25) is 9.20 Å². The number of hydrogen-bond donors (Lipinski definition) is 1. The van der Waals surface area contributed by atoms with Gasteiger partial charge in [0.1, 0.15) is 12.2 Å². The first-order valence-electron chi connectivity index (χ1n) is 6.17. The van der Waals surface area contributed by atoms with E-state index in [9.17, 15) is 4.79 Å². The molecule has 0 atom stereocenters. The van der Waals surface area contributed by atoms with Gasteiger partial charge in [0.15, 0.2) is 0 Å². The van der Waals surface area contributed by atoms with Gasteiger partial charge in [-0.2, -0.15) is 0 Å². The molecule has 0 aliphatic heterocycles. The molecule has 6 heteroatoms. The Hall–Kier alpha value is -2.21. The number of carboxylic acids is 1. The molecule has 0 spiro atoms. The Morgan fingerprint density at radius 3 is 2.85 bits per heavy atom. The highest BCUT2D eigenvalue weighted by molar-refractivity contribution is 7.15. The van der Waals surface area contributed by atoms with E-state index in [4.69, 9.17) is 5.11 Å². The number of aromatic nitrogens is 3. The fourth-order valence-corrected chi connectivity index (χ4v) is 3.16. The van der Waals surface area contributed by atoms with Crippen LogP contribution in [-0.4, -0.2) is 25.7 Å². The quantitative estimate of drug-likeness (QED) is 0.804. The summed E-state index contributed by atoms with van der Waals surface area (Å²) in [6, 6.07) is 6.21. The lowest BCUT2D eigenvalue weighted by Gasteiger charge is -2.06. The molecule has 0 aliphatic rings. The van der Waals surface area contributed by atoms with Crippen LogP contribution in [0.25, 0.3) is 16.2 Å². The van der Waals surface area contributed by atoms with Gasteiger partial charge in [0.25, 0.3) is 0 Å². The maximum Gasteiger partial charge on any atom is 0.311 e. The lowest BCUT2D eigenvalue weighted by molar-refractivity contribution is -0.136. The molecule has 5 nitrogen and oxygen atoms in total. The number of carboxylic acid groups (broad SMARTS) is 1. The van der Waals surface area contributed by atoms with Crippen LogP contribution < -0.4 is 0 Å². The molecule has 2 aromatic heterocycles. The van der Waals surface area contributed by atoms with Crippen LogP contribution in [0.2, 0.25) is 0 Å². The zero-order valence-corrected chi connectivity index (χ0v) is 11.9. The number of nitrogens with zero attached hydrogens (tertiary/aromatic N) is 3. The van der Waals surface area contributed by atoms with Crippen LogP contribution in [0.4, 0.5) is 0 Å². The van der Waals surface area contributed by atoms with E-state index >= 15 is 0 Å². The van der Waals surface area contributed by atoms with Gasteiger partial charge in [0, 0.05) is 10.9 Å². The summed E-state index contributed by atoms with van der Waals surface area (Å²) in [5, 5.41) is 19.0. The van der Waals surface area contributed by atoms with E-state index in [0.717, 1.165) is 21.8 Å². The Balaban J connectivity index is 2.20. The second kappa shape index (κ2) is 4.72. The van der Waals surface area contributed by atoms with Crippen LogP contribution >= 0.6 is 11.3 Å². The number of rotatable bonds is 3. The van der Waals surface area contributed by atoms with E-state index in [1.165, 1.54) is 16.9 Å². The summed E-state index contributed by atoms with van der Waals surface area (Å²) in [6.07, 6.45) is -0.129. The first kappa shape index (κ1) is 12.8. The zero-order valence-electron chi connectivity index (χ0n) is 11.1. The minimum atomic E-state index is -0.905. The molecule has 3 aromatic rings. The van der Waals surface area contributed by atoms with Crippen LogP contribution in [0, 0.1) is 13.8 Å². The standard InChI is InChI=1S/C14H13N3O2S/c1-8-3-4-10(9(2)5-8)11-7-20-14-16-15-12(17(11)14)6-13(18)19/h3-5,7H,6H2,1-2H3,(H,18,19). The van der Waals surface area contributed by atoms with Crippen LogP contribution in [-0.2, 0) is 11.2 Å². The van der Waals surface area contributed by atoms with Crippen molar-refractivity contribution in [2.24, 2.45) is 0 Å². The maximum absolute atomic E-state index is 10.9. The summed E-state index contributed by atoms with van der Waals surface area (Å²) in [7, 11) is 0. The minimum Gasteiger partial charge on any atom is -0.481 e. The van der Waals surface area contributed by atoms with Crippen LogP contribution in [0.1, 0.15) is 17.0 Å². The van der Waals surface area contributed by atoms with Crippen molar-refractivity contribution in [1.29, 1.82) is 0 Å². The molecule has 0 bridgehead atoms. The first-order valence-corrected chi connectivity index (χ1v) is 7.05. The Morgan fingerprint density at radius 2 is 2.15 bits per heavy atom. The van der Waals surface area contributed by atoms with Gasteiger partial charge in [-0.15, -0.1) is 21.5 Å². The lowest BCUT2D eigenvalue weighted by Crippen LogP contribution is -2.05. The van der Waals surface area contributed by atoms with Crippen molar-refractivity contribution < 1.29 is 9.90 Å². The molecule has 0 fully saturated rings. The largest absolute Gasteiger partial charge is 0.481 e. The van der Waals surface area contributed by atoms with Crippen molar-refractivity contribution in [3.05, 3.63) is 40.5 Å². The van der Waals surface area contributed by atoms with Gasteiger partial charge in [-0.1, -0.05) is 23.8 Å². The number of hydrogen-bond acceptors (Lipinski definition) is 4. The predicted octanol–water partition coefficient (Wildman–Crippen LogP) is 2.70. The molecule has 0 saturated carbocycles. The van der Waals surface area contributed by atoms with Crippen molar-refractivity contribution in [3.63, 3.8) is 0 Å². The highest BCUT2D eigenvalue weighted by atomic mass is 32.1. The molecule has 2 heterocycles. The molecule has 102 valence electrons. The summed E-state index contributed by atoms with van der Waals surface area (Å²) < 4.78 is 1.83. The molecule has 1 aromatic carbocycles. The third-order valence-corrected chi connectivity index (χ3v) is 4.00. The number of thiazole rings is 1. The van der Waals surface area contributed by atoms with Crippen LogP contribution in [0.3, 0.4) is 0 Å². The maximum atomic E-state index is 10.9. The molecule has 0 unspecified atom stereocenters. The second-order valence-corrected chi connectivity index (χ2v) is 5.58. The highest BCUT2D eigenvalue weighted by Crippen LogP contribution is 2.29. The fourth-order valence-electron chi connectivity index (χ4n) is 2.31. The Labute approximate surface area is 119 Å². The summed E-state index contributed by atoms with van der Waals surface area (Å²) in [6.45, 7) is 4.10. The zero-order chi connectivity index (χ0) is 14.3. The first-order chi connectivity index (χ1) is 9.56. The van der Waals surface area contributed by atoms with Gasteiger partial charge in [0.05, 0.1) is 5.69 Å². The van der Waals surface area contributed by atoms with E-state index in [-0.39, 0.29) is 6.42 Å². The van der Waals surface area contributed by atoms with Crippen molar-refractivity contribution in [3.8, 4) is 11.3 Å². The van der Waals surface area contributed by atoms with Crippen molar-refractivity contribution in [2.45, 2.75) is 20.3 Å². The second-order valence-electron chi connectivity index (χ2n) is 4.74. The number of aliphatic carboxylic acids is 1. The number of aryl methyl sites for hydroxylation is 2. The van der Waals surface area contributed by atoms with E-state index < -0.39 is 5.97 Å². The van der Waals surface area contributed by atoms with Gasteiger partial charge >= 0.3 is 5.97 Å². The molecule has 1 N–H and O–H groups in total. The van der Waals surface area contributed by atoms with E-state index in [1.807, 2.05) is 22.8 Å². The topological polar surface area (TPSA) is 67.5 Å². The Morgan fingerprint density at radius 1 is 1.35 bits per heavy atom. The van der Waals surface area contributed by atoms with Crippen molar-refractivity contribution in [2.75, 3.05) is 0 Å². The monoisotopic (exact) mass is 287 g/mol. The van der Waals surface area contributed by atoms with Crippen molar-refractivity contribution >= 4 is 22.3 Å². The molecule has 0 saturated heterocycles. The van der Waals surface area contributed by atoms with Gasteiger partial charge in [-0.25, -0.2) is 0 Å². The average molecular weight is 287 g/mol. The number of carbonyl (C=O) groups is 1. The summed E-state index contributed by atoms with van der Waals surface area (Å²) in [4.78, 5) is 11.6. The molecule has 3 rings (SSSR count). The Bertz CT molecular complexity index is 804. The molecule has 0 radical (unpaired) electrons. The molecule has 0 amide bonds. The lowest BCUT2D eigenvalue weighted by atomic mass is 10.0. The van der Waals surface area contributed by atoms with Gasteiger partial charge < -0.3 is 5.11 Å². The van der Waals surface area contributed by atoms with Crippen LogP contribution in [0.5, 0.6) is 0 Å². The van der Waals surface area contributed by atoms with E-state index in [0.29, 0.717) is 5.82 Å². The molecule has 0 aliphatic carbocycles. The highest BCUT2D eigenvalue weighted by Gasteiger charge is 2.16. The van der Waals surface area contributed by atoms with Crippen LogP contribution in [0.15, 0.2) is 23.6 Å².